The van der Waals surface area contributed by atoms with Gasteiger partial charge in [-0.25, -0.2) is 4.79 Å². The van der Waals surface area contributed by atoms with Crippen LogP contribution in [0.5, 0.6) is 0 Å². The van der Waals surface area contributed by atoms with Crippen molar-refractivity contribution in [1.29, 1.82) is 0 Å². The number of aryl methyl sites for hydroxylation is 1. The first-order valence-corrected chi connectivity index (χ1v) is 5.73. The van der Waals surface area contributed by atoms with Gasteiger partial charge in [0, 0.05) is 17.8 Å². The molecule has 0 bridgehead atoms. The molecular weight excluding hydrogens is 232 g/mol. The minimum atomic E-state index is -0.487. The molecule has 0 saturated carbocycles. The highest BCUT2D eigenvalue weighted by Gasteiger charge is 2.15. The monoisotopic (exact) mass is 252 g/mol. The van der Waals surface area contributed by atoms with Crippen LogP contribution < -0.4 is 11.1 Å². The van der Waals surface area contributed by atoms with Crippen LogP contribution in [-0.4, -0.2) is 28.4 Å². The lowest BCUT2D eigenvalue weighted by atomic mass is 10.2. The van der Waals surface area contributed by atoms with Crippen LogP contribution in [0.1, 0.15) is 32.0 Å². The molecule has 18 heavy (non-hydrogen) atoms. The molecule has 4 N–H and O–H groups in total. The minimum absolute atomic E-state index is 0.374. The smallest absolute Gasteiger partial charge is 0.407 e. The van der Waals surface area contributed by atoms with Gasteiger partial charge in [-0.1, -0.05) is 12.2 Å². The summed E-state index contributed by atoms with van der Waals surface area (Å²) in [7, 11) is 0. The Morgan fingerprint density at radius 1 is 1.56 bits per heavy atom. The maximum atomic E-state index is 11.3. The number of hydrogen-bond donors (Lipinski definition) is 3. The molecule has 100 valence electrons. The zero-order valence-electron chi connectivity index (χ0n) is 11.2. The predicted octanol–water partition coefficient (Wildman–Crippen LogP) is 1.84. The van der Waals surface area contributed by atoms with Gasteiger partial charge in [-0.15, -0.1) is 0 Å². The van der Waals surface area contributed by atoms with Crippen molar-refractivity contribution in [3.05, 3.63) is 17.3 Å². The average Bonchev–Trinajstić information content (AvgIpc) is 2.52. The van der Waals surface area contributed by atoms with Gasteiger partial charge in [-0.2, -0.15) is 5.10 Å². The molecule has 0 fully saturated rings. The lowest BCUT2D eigenvalue weighted by Gasteiger charge is -2.19. The van der Waals surface area contributed by atoms with E-state index in [1.165, 1.54) is 0 Å². The number of aromatic amines is 1. The van der Waals surface area contributed by atoms with E-state index in [0.717, 1.165) is 11.3 Å². The van der Waals surface area contributed by atoms with Gasteiger partial charge in [0.1, 0.15) is 5.60 Å². The van der Waals surface area contributed by atoms with E-state index in [1.54, 1.807) is 6.08 Å². The molecule has 0 aliphatic rings. The second kappa shape index (κ2) is 5.57. The molecule has 0 aromatic carbocycles. The lowest BCUT2D eigenvalue weighted by molar-refractivity contribution is 0.0534. The largest absolute Gasteiger partial charge is 0.444 e. The maximum absolute atomic E-state index is 11.3. The quantitative estimate of drug-likeness (QED) is 0.765. The maximum Gasteiger partial charge on any atom is 0.407 e. The summed E-state index contributed by atoms with van der Waals surface area (Å²) in [4.78, 5) is 11.3. The number of nitrogen functional groups attached to an aromatic ring is 1. The summed E-state index contributed by atoms with van der Waals surface area (Å²) >= 11 is 0. The normalized spacial score (nSPS) is 11.8. The number of alkyl carbamates (subject to hydrolysis) is 1. The third kappa shape index (κ3) is 4.48. The van der Waals surface area contributed by atoms with Crippen LogP contribution in [0.3, 0.4) is 0 Å². The number of carbonyl (C=O) groups excluding carboxylic acids is 1. The minimum Gasteiger partial charge on any atom is -0.444 e. The number of nitrogens with one attached hydrogen (secondary N) is 2. The van der Waals surface area contributed by atoms with Gasteiger partial charge in [0.15, 0.2) is 5.82 Å². The predicted molar refractivity (Wildman–Crippen MR) is 71.0 cm³/mol. The van der Waals surface area contributed by atoms with Crippen molar-refractivity contribution in [3.63, 3.8) is 0 Å². The van der Waals surface area contributed by atoms with Crippen LogP contribution in [0.2, 0.25) is 0 Å². The molecule has 0 aliphatic carbocycles. The van der Waals surface area contributed by atoms with E-state index in [4.69, 9.17) is 10.5 Å². The zero-order chi connectivity index (χ0) is 13.8. The Balaban J connectivity index is 2.41. The van der Waals surface area contributed by atoms with Crippen LogP contribution in [-0.2, 0) is 4.74 Å². The first-order valence-electron chi connectivity index (χ1n) is 5.73. The number of anilines is 1. The van der Waals surface area contributed by atoms with Gasteiger partial charge in [0.25, 0.3) is 0 Å². The van der Waals surface area contributed by atoms with Gasteiger partial charge < -0.3 is 15.8 Å². The van der Waals surface area contributed by atoms with Crippen molar-refractivity contribution in [2.45, 2.75) is 33.3 Å². The van der Waals surface area contributed by atoms with E-state index in [2.05, 4.69) is 15.5 Å². The third-order valence-corrected chi connectivity index (χ3v) is 2.07. The second-order valence-corrected chi connectivity index (χ2v) is 4.93. The first kappa shape index (κ1) is 14.1. The Labute approximate surface area is 107 Å². The molecule has 1 aromatic rings. The van der Waals surface area contributed by atoms with E-state index in [-0.39, 0.29) is 0 Å². The average molecular weight is 252 g/mol. The number of rotatable bonds is 3. The van der Waals surface area contributed by atoms with Crippen molar-refractivity contribution < 1.29 is 9.53 Å². The molecule has 0 spiro atoms. The number of hydrogen-bond acceptors (Lipinski definition) is 4. The van der Waals surface area contributed by atoms with E-state index in [0.29, 0.717) is 12.4 Å². The Morgan fingerprint density at radius 2 is 2.22 bits per heavy atom. The zero-order valence-corrected chi connectivity index (χ0v) is 11.2. The first-order chi connectivity index (χ1) is 8.29. The molecule has 0 radical (unpaired) electrons. The number of H-pyrrole nitrogens is 1. The molecule has 6 heteroatoms. The number of carbonyl (C=O) groups is 1. The van der Waals surface area contributed by atoms with Gasteiger partial charge in [-0.3, -0.25) is 5.10 Å². The third-order valence-electron chi connectivity index (χ3n) is 2.07. The molecule has 1 rings (SSSR count). The summed E-state index contributed by atoms with van der Waals surface area (Å²) in [6.07, 6.45) is 3.16. The van der Waals surface area contributed by atoms with E-state index < -0.39 is 11.7 Å². The molecular formula is C12H20N4O2. The van der Waals surface area contributed by atoms with Crippen molar-refractivity contribution in [1.82, 2.24) is 15.5 Å². The van der Waals surface area contributed by atoms with Crippen LogP contribution in [0, 0.1) is 6.92 Å². The number of nitrogens with two attached hydrogens (primary N) is 1. The number of aromatic nitrogens is 2. The molecule has 6 nitrogen and oxygen atoms in total. The van der Waals surface area contributed by atoms with Crippen LogP contribution in [0.4, 0.5) is 10.6 Å². The van der Waals surface area contributed by atoms with Crippen molar-refractivity contribution >= 4 is 18.0 Å². The standard InChI is InChI=1S/C12H20N4O2/c1-8-9(10(13)16-15-8)6-5-7-14-11(17)18-12(2,3)4/h5-6H,7H2,1-4H3,(H,14,17)(H3,13,15,16). The molecule has 0 atom stereocenters. The summed E-state index contributed by atoms with van der Waals surface area (Å²) in [5, 5.41) is 9.27. The summed E-state index contributed by atoms with van der Waals surface area (Å²) in [6.45, 7) is 7.71. The topological polar surface area (TPSA) is 93.0 Å². The van der Waals surface area contributed by atoms with E-state index in [1.807, 2.05) is 33.8 Å². The van der Waals surface area contributed by atoms with Crippen molar-refractivity contribution in [3.8, 4) is 0 Å². The van der Waals surface area contributed by atoms with E-state index >= 15 is 0 Å². The number of amides is 1. The fourth-order valence-corrected chi connectivity index (χ4v) is 1.30. The fraction of sp³-hybridized carbons (Fsp3) is 0.500. The highest BCUT2D eigenvalue weighted by Crippen LogP contribution is 2.13. The highest BCUT2D eigenvalue weighted by molar-refractivity contribution is 5.68. The van der Waals surface area contributed by atoms with Crippen LogP contribution in [0.25, 0.3) is 6.08 Å². The summed E-state index contributed by atoms with van der Waals surface area (Å²) in [5.41, 5.74) is 6.90. The van der Waals surface area contributed by atoms with Crippen molar-refractivity contribution in [2.75, 3.05) is 12.3 Å². The highest BCUT2D eigenvalue weighted by atomic mass is 16.6. The molecule has 1 aromatic heterocycles. The van der Waals surface area contributed by atoms with Gasteiger partial charge in [-0.05, 0) is 27.7 Å². The summed E-state index contributed by atoms with van der Waals surface area (Å²) in [6, 6.07) is 0. The Hall–Kier alpha value is -1.98. The van der Waals surface area contributed by atoms with Gasteiger partial charge in [0.2, 0.25) is 0 Å². The Morgan fingerprint density at radius 3 is 2.72 bits per heavy atom. The van der Waals surface area contributed by atoms with Gasteiger partial charge >= 0.3 is 6.09 Å². The summed E-state index contributed by atoms with van der Waals surface area (Å²) < 4.78 is 5.10. The molecule has 0 unspecified atom stereocenters. The van der Waals surface area contributed by atoms with Crippen molar-refractivity contribution in [2.24, 2.45) is 0 Å². The SMILES string of the molecule is Cc1[nH]nc(N)c1C=CCNC(=O)OC(C)(C)C. The number of nitrogens with zero attached hydrogens (tertiary/aromatic N) is 1. The summed E-state index contributed by atoms with van der Waals surface area (Å²) in [5.74, 6) is 0.445. The number of ether oxygens (including phenoxy) is 1. The van der Waals surface area contributed by atoms with E-state index in [9.17, 15) is 4.79 Å². The molecule has 1 amide bonds. The van der Waals surface area contributed by atoms with Crippen LogP contribution >= 0.6 is 0 Å². The van der Waals surface area contributed by atoms with Gasteiger partial charge in [0.05, 0.1) is 0 Å². The molecule has 1 heterocycles. The van der Waals surface area contributed by atoms with Crippen LogP contribution in [0.15, 0.2) is 6.08 Å². The Bertz CT molecular complexity index is 424. The molecule has 0 aliphatic heterocycles. The Kier molecular flexibility index (Phi) is 4.36. The fourth-order valence-electron chi connectivity index (χ4n) is 1.30. The second-order valence-electron chi connectivity index (χ2n) is 4.93. The molecule has 0 saturated heterocycles. The lowest BCUT2D eigenvalue weighted by Crippen LogP contribution is -2.32.